The zero-order valence-corrected chi connectivity index (χ0v) is 15.3. The molecule has 0 radical (unpaired) electrons. The summed E-state index contributed by atoms with van der Waals surface area (Å²) in [5, 5.41) is 2.12. The van der Waals surface area contributed by atoms with Crippen molar-refractivity contribution >= 4 is 74.5 Å². The number of nitrogens with two attached hydrogens (primary N) is 1. The summed E-state index contributed by atoms with van der Waals surface area (Å²) in [4.78, 5) is 15.0. The molecule has 3 rings (SSSR count). The van der Waals surface area contributed by atoms with Crippen LogP contribution in [-0.4, -0.2) is 30.4 Å². The molecule has 1 unspecified atom stereocenters. The van der Waals surface area contributed by atoms with Crippen molar-refractivity contribution in [3.8, 4) is 0 Å². The van der Waals surface area contributed by atoms with Crippen molar-refractivity contribution in [3.63, 3.8) is 0 Å². The second kappa shape index (κ2) is 7.12. The third-order valence-corrected chi connectivity index (χ3v) is 5.88. The second-order valence-electron chi connectivity index (χ2n) is 5.15. The Morgan fingerprint density at radius 3 is 2.73 bits per heavy atom. The van der Waals surface area contributed by atoms with Crippen LogP contribution >= 0.6 is 58.5 Å². The molecule has 1 atom stereocenters. The van der Waals surface area contributed by atoms with Crippen LogP contribution in [0.5, 0.6) is 0 Å². The van der Waals surface area contributed by atoms with Crippen LogP contribution in [0.2, 0.25) is 15.1 Å². The Kier molecular flexibility index (Phi) is 5.86. The number of carbonyl (C=O) groups is 1. The second-order valence-corrected chi connectivity index (χ2v) is 7.42. The number of halogens is 4. The maximum atomic E-state index is 12.6. The molecule has 1 aliphatic rings. The van der Waals surface area contributed by atoms with Crippen molar-refractivity contribution in [1.29, 1.82) is 0 Å². The highest BCUT2D eigenvalue weighted by Gasteiger charge is 2.29. The van der Waals surface area contributed by atoms with Crippen molar-refractivity contribution in [2.75, 3.05) is 19.6 Å². The summed E-state index contributed by atoms with van der Waals surface area (Å²) in [6.07, 6.45) is 0.942. The number of thiophene rings is 1. The number of rotatable bonds is 2. The lowest BCUT2D eigenvalue weighted by atomic mass is 10.1. The van der Waals surface area contributed by atoms with Crippen LogP contribution in [0.25, 0.3) is 10.1 Å². The van der Waals surface area contributed by atoms with E-state index in [2.05, 4.69) is 0 Å². The predicted molar refractivity (Wildman–Crippen MR) is 97.2 cm³/mol. The van der Waals surface area contributed by atoms with E-state index in [0.717, 1.165) is 17.7 Å². The fourth-order valence-electron chi connectivity index (χ4n) is 2.60. The molecule has 22 heavy (non-hydrogen) atoms. The van der Waals surface area contributed by atoms with Gasteiger partial charge in [0.05, 0.1) is 10.0 Å². The Labute approximate surface area is 153 Å². The van der Waals surface area contributed by atoms with Crippen LogP contribution in [0, 0.1) is 5.92 Å². The van der Waals surface area contributed by atoms with E-state index in [9.17, 15) is 4.79 Å². The summed E-state index contributed by atoms with van der Waals surface area (Å²) in [6, 6.07) is 3.42. The molecule has 0 spiro atoms. The monoisotopic (exact) mass is 398 g/mol. The summed E-state index contributed by atoms with van der Waals surface area (Å²) in [5.41, 5.74) is 5.67. The number of nitrogens with zero attached hydrogens (tertiary/aromatic N) is 1. The van der Waals surface area contributed by atoms with Crippen LogP contribution in [0.15, 0.2) is 12.1 Å². The van der Waals surface area contributed by atoms with Crippen molar-refractivity contribution in [2.24, 2.45) is 11.7 Å². The molecule has 0 aliphatic carbocycles. The molecule has 3 nitrogen and oxygen atoms in total. The summed E-state index contributed by atoms with van der Waals surface area (Å²) < 4.78 is 0.829. The van der Waals surface area contributed by atoms with Gasteiger partial charge in [0.1, 0.15) is 4.88 Å². The minimum atomic E-state index is -0.0515. The van der Waals surface area contributed by atoms with Gasteiger partial charge in [0.2, 0.25) is 0 Å². The summed E-state index contributed by atoms with van der Waals surface area (Å²) >= 11 is 19.9. The quantitative estimate of drug-likeness (QED) is 0.794. The SMILES string of the molecule is Cl.NCC1CCN(C(=O)c2sc3cc(Cl)cc(Cl)c3c2Cl)C1. The third kappa shape index (κ3) is 3.18. The molecule has 1 aromatic carbocycles. The highest BCUT2D eigenvalue weighted by atomic mass is 35.5. The topological polar surface area (TPSA) is 46.3 Å². The summed E-state index contributed by atoms with van der Waals surface area (Å²) in [6.45, 7) is 2.01. The average Bonchev–Trinajstić information content (AvgIpc) is 3.02. The molecule has 0 bridgehead atoms. The molecule has 1 aliphatic heterocycles. The number of hydrogen-bond acceptors (Lipinski definition) is 3. The lowest BCUT2D eigenvalue weighted by Crippen LogP contribution is -2.29. The van der Waals surface area contributed by atoms with E-state index >= 15 is 0 Å². The van der Waals surface area contributed by atoms with Gasteiger partial charge in [0.15, 0.2) is 0 Å². The Morgan fingerprint density at radius 2 is 2.09 bits per heavy atom. The van der Waals surface area contributed by atoms with Crippen LogP contribution < -0.4 is 5.73 Å². The summed E-state index contributed by atoms with van der Waals surface area (Å²) in [5.74, 6) is 0.324. The number of carbonyl (C=O) groups excluding carboxylic acids is 1. The average molecular weight is 400 g/mol. The fraction of sp³-hybridized carbons (Fsp3) is 0.357. The maximum Gasteiger partial charge on any atom is 0.265 e. The van der Waals surface area contributed by atoms with Gasteiger partial charge in [0, 0.05) is 28.2 Å². The van der Waals surface area contributed by atoms with E-state index < -0.39 is 0 Å². The largest absolute Gasteiger partial charge is 0.338 e. The number of amides is 1. The van der Waals surface area contributed by atoms with E-state index in [4.69, 9.17) is 40.5 Å². The van der Waals surface area contributed by atoms with E-state index in [0.29, 0.717) is 44.3 Å². The van der Waals surface area contributed by atoms with Crippen LogP contribution in [0.3, 0.4) is 0 Å². The molecule has 2 aromatic rings. The lowest BCUT2D eigenvalue weighted by Gasteiger charge is -2.15. The first-order valence-electron chi connectivity index (χ1n) is 6.57. The molecular formula is C14H14Cl4N2OS. The highest BCUT2D eigenvalue weighted by Crippen LogP contribution is 2.41. The van der Waals surface area contributed by atoms with Gasteiger partial charge in [-0.15, -0.1) is 23.7 Å². The van der Waals surface area contributed by atoms with E-state index in [1.165, 1.54) is 11.3 Å². The number of fused-ring (bicyclic) bond motifs is 1. The Hall–Kier alpha value is -0.230. The lowest BCUT2D eigenvalue weighted by molar-refractivity contribution is 0.0792. The molecule has 1 amide bonds. The Balaban J connectivity index is 0.00000176. The molecule has 1 fully saturated rings. The molecule has 120 valence electrons. The van der Waals surface area contributed by atoms with Crippen molar-refractivity contribution in [2.45, 2.75) is 6.42 Å². The standard InChI is InChI=1S/C14H13Cl3N2OS.ClH/c15-8-3-9(16)11-10(4-8)21-13(12(11)17)14(20)19-2-1-7(5-18)6-19;/h3-4,7H,1-2,5-6,18H2;1H. The van der Waals surface area contributed by atoms with E-state index in [1.54, 1.807) is 12.1 Å². The highest BCUT2D eigenvalue weighted by molar-refractivity contribution is 7.21. The molecule has 2 heterocycles. The van der Waals surface area contributed by atoms with Gasteiger partial charge >= 0.3 is 0 Å². The Bertz CT molecular complexity index is 718. The van der Waals surface area contributed by atoms with Gasteiger partial charge in [-0.25, -0.2) is 0 Å². The van der Waals surface area contributed by atoms with Gasteiger partial charge in [-0.05, 0) is 31.0 Å². The Morgan fingerprint density at radius 1 is 1.36 bits per heavy atom. The van der Waals surface area contributed by atoms with Crippen molar-refractivity contribution in [3.05, 3.63) is 32.1 Å². The number of likely N-dealkylation sites (tertiary alicyclic amines) is 1. The van der Waals surface area contributed by atoms with Crippen molar-refractivity contribution in [1.82, 2.24) is 4.90 Å². The van der Waals surface area contributed by atoms with Crippen LogP contribution in [0.1, 0.15) is 16.1 Å². The van der Waals surface area contributed by atoms with Gasteiger partial charge in [-0.2, -0.15) is 0 Å². The van der Waals surface area contributed by atoms with Gasteiger partial charge < -0.3 is 10.6 Å². The normalized spacial score (nSPS) is 17.8. The minimum Gasteiger partial charge on any atom is -0.338 e. The van der Waals surface area contributed by atoms with Gasteiger partial charge in [-0.1, -0.05) is 34.8 Å². The molecule has 2 N–H and O–H groups in total. The first-order chi connectivity index (χ1) is 10.0. The number of benzene rings is 1. The van der Waals surface area contributed by atoms with Crippen LogP contribution in [0.4, 0.5) is 0 Å². The molecule has 0 saturated carbocycles. The minimum absolute atomic E-state index is 0. The van der Waals surface area contributed by atoms with Gasteiger partial charge in [-0.3, -0.25) is 4.79 Å². The maximum absolute atomic E-state index is 12.6. The molecule has 1 aromatic heterocycles. The van der Waals surface area contributed by atoms with E-state index in [-0.39, 0.29) is 18.3 Å². The van der Waals surface area contributed by atoms with Gasteiger partial charge in [0.25, 0.3) is 5.91 Å². The smallest absolute Gasteiger partial charge is 0.265 e. The molecule has 1 saturated heterocycles. The predicted octanol–water partition coefficient (Wildman–Crippen LogP) is 4.70. The summed E-state index contributed by atoms with van der Waals surface area (Å²) in [7, 11) is 0. The first kappa shape index (κ1) is 18.1. The molecular weight excluding hydrogens is 386 g/mol. The first-order valence-corrected chi connectivity index (χ1v) is 8.52. The zero-order chi connectivity index (χ0) is 15.1. The third-order valence-electron chi connectivity index (χ3n) is 3.75. The van der Waals surface area contributed by atoms with Crippen molar-refractivity contribution < 1.29 is 4.79 Å². The van der Waals surface area contributed by atoms with Crippen LogP contribution in [-0.2, 0) is 0 Å². The molecule has 8 heteroatoms. The van der Waals surface area contributed by atoms with E-state index in [1.807, 2.05) is 4.90 Å². The fourth-order valence-corrected chi connectivity index (χ4v) is 4.94. The number of hydrogen-bond donors (Lipinski definition) is 1. The zero-order valence-electron chi connectivity index (χ0n) is 11.4.